The maximum atomic E-state index is 13.5. The third-order valence-electron chi connectivity index (χ3n) is 5.94. The van der Waals surface area contributed by atoms with E-state index in [0.29, 0.717) is 25.4 Å². The van der Waals surface area contributed by atoms with Crippen LogP contribution in [0.2, 0.25) is 0 Å². The number of halogens is 2. The van der Waals surface area contributed by atoms with E-state index in [-0.39, 0.29) is 11.5 Å². The molecule has 0 bridgehead atoms. The van der Waals surface area contributed by atoms with Gasteiger partial charge in [-0.1, -0.05) is 32.1 Å². The highest BCUT2D eigenvalue weighted by atomic mass is 19.2. The third kappa shape index (κ3) is 7.44. The van der Waals surface area contributed by atoms with Crippen molar-refractivity contribution in [2.75, 3.05) is 25.5 Å². The van der Waals surface area contributed by atoms with Crippen LogP contribution in [-0.4, -0.2) is 38.1 Å². The summed E-state index contributed by atoms with van der Waals surface area (Å²) in [6.07, 6.45) is 5.97. The molecule has 0 spiro atoms. The molecule has 1 saturated carbocycles. The summed E-state index contributed by atoms with van der Waals surface area (Å²) in [6.45, 7) is 0.873. The number of amides is 2. The number of anilines is 1. The van der Waals surface area contributed by atoms with Gasteiger partial charge in [-0.25, -0.2) is 8.78 Å². The van der Waals surface area contributed by atoms with Crippen molar-refractivity contribution >= 4 is 17.5 Å². The molecule has 2 amide bonds. The molecule has 0 aliphatic heterocycles. The zero-order valence-corrected chi connectivity index (χ0v) is 18.8. The minimum Gasteiger partial charge on any atom is -0.497 e. The summed E-state index contributed by atoms with van der Waals surface area (Å²) < 4.78 is 31.9. The van der Waals surface area contributed by atoms with Gasteiger partial charge in [0.2, 0.25) is 5.91 Å². The number of nitrogens with one attached hydrogen (secondary N) is 3. The Morgan fingerprint density at radius 1 is 1.00 bits per heavy atom. The first kappa shape index (κ1) is 24.5. The predicted molar refractivity (Wildman–Crippen MR) is 123 cm³/mol. The molecule has 0 saturated heterocycles. The molecule has 2 aromatic rings. The van der Waals surface area contributed by atoms with E-state index in [2.05, 4.69) is 16.0 Å². The normalized spacial score (nSPS) is 14.9. The van der Waals surface area contributed by atoms with Crippen LogP contribution < -0.4 is 20.7 Å². The summed E-state index contributed by atoms with van der Waals surface area (Å²) in [5.74, 6) is -1.89. The van der Waals surface area contributed by atoms with Crippen molar-refractivity contribution in [3.8, 4) is 5.75 Å². The summed E-state index contributed by atoms with van der Waals surface area (Å²) in [4.78, 5) is 25.5. The third-order valence-corrected chi connectivity index (χ3v) is 5.94. The lowest BCUT2D eigenvalue weighted by molar-refractivity contribution is -0.123. The number of carbonyl (C=O) groups excluding carboxylic acids is 2. The van der Waals surface area contributed by atoms with Crippen LogP contribution in [0.5, 0.6) is 5.75 Å². The van der Waals surface area contributed by atoms with E-state index in [9.17, 15) is 18.4 Å². The Morgan fingerprint density at radius 3 is 2.39 bits per heavy atom. The Balaban J connectivity index is 1.56. The summed E-state index contributed by atoms with van der Waals surface area (Å²) >= 11 is 0. The van der Waals surface area contributed by atoms with Crippen molar-refractivity contribution in [2.45, 2.75) is 44.6 Å². The molecule has 1 aliphatic rings. The summed E-state index contributed by atoms with van der Waals surface area (Å²) in [5.41, 5.74) is 0.881. The van der Waals surface area contributed by atoms with Gasteiger partial charge in [0.25, 0.3) is 5.91 Å². The summed E-state index contributed by atoms with van der Waals surface area (Å²) in [7, 11) is 1.60. The average molecular weight is 460 g/mol. The fourth-order valence-electron chi connectivity index (χ4n) is 4.09. The van der Waals surface area contributed by atoms with Crippen LogP contribution in [0, 0.1) is 17.6 Å². The Hall–Kier alpha value is -3.16. The molecular formula is C25H31F2N3O3. The van der Waals surface area contributed by atoms with Crippen LogP contribution in [-0.2, 0) is 4.79 Å². The summed E-state index contributed by atoms with van der Waals surface area (Å²) in [5, 5.41) is 8.81. The lowest BCUT2D eigenvalue weighted by atomic mass is 9.84. The lowest BCUT2D eigenvalue weighted by Crippen LogP contribution is -2.48. The monoisotopic (exact) mass is 459 g/mol. The maximum Gasteiger partial charge on any atom is 0.252 e. The maximum absolute atomic E-state index is 13.5. The van der Waals surface area contributed by atoms with E-state index < -0.39 is 23.6 Å². The predicted octanol–water partition coefficient (Wildman–Crippen LogP) is 4.27. The van der Waals surface area contributed by atoms with Crippen LogP contribution in [0.4, 0.5) is 14.5 Å². The van der Waals surface area contributed by atoms with Gasteiger partial charge in [0, 0.05) is 24.3 Å². The van der Waals surface area contributed by atoms with E-state index in [0.717, 1.165) is 49.3 Å². The van der Waals surface area contributed by atoms with Gasteiger partial charge in [-0.15, -0.1) is 0 Å². The molecule has 1 aliphatic carbocycles. The number of hydrogen-bond donors (Lipinski definition) is 3. The first-order valence-corrected chi connectivity index (χ1v) is 11.4. The Labute approximate surface area is 193 Å². The second-order valence-electron chi connectivity index (χ2n) is 8.34. The first-order chi connectivity index (χ1) is 16.0. The molecule has 178 valence electrons. The molecule has 3 rings (SSSR count). The van der Waals surface area contributed by atoms with E-state index in [1.165, 1.54) is 12.5 Å². The van der Waals surface area contributed by atoms with Crippen LogP contribution in [0.25, 0.3) is 0 Å². The zero-order valence-electron chi connectivity index (χ0n) is 18.8. The number of ether oxygens (including phenoxy) is 1. The molecule has 3 N–H and O–H groups in total. The van der Waals surface area contributed by atoms with E-state index in [1.807, 2.05) is 24.3 Å². The molecule has 0 radical (unpaired) electrons. The Kier molecular flexibility index (Phi) is 9.04. The number of benzene rings is 2. The molecule has 0 unspecified atom stereocenters. The number of hydrogen-bond acceptors (Lipinski definition) is 4. The molecule has 0 heterocycles. The van der Waals surface area contributed by atoms with Crippen molar-refractivity contribution < 1.29 is 23.1 Å². The minimum absolute atomic E-state index is 0.0171. The highest BCUT2D eigenvalue weighted by molar-refractivity contribution is 5.97. The van der Waals surface area contributed by atoms with Crippen LogP contribution >= 0.6 is 0 Å². The number of carbonyl (C=O) groups is 2. The zero-order chi connectivity index (χ0) is 23.6. The second kappa shape index (κ2) is 12.2. The molecular weight excluding hydrogens is 428 g/mol. The van der Waals surface area contributed by atoms with Crippen molar-refractivity contribution in [2.24, 2.45) is 5.92 Å². The van der Waals surface area contributed by atoms with Gasteiger partial charge in [-0.3, -0.25) is 9.59 Å². The Morgan fingerprint density at radius 2 is 1.73 bits per heavy atom. The van der Waals surface area contributed by atoms with Crippen molar-refractivity contribution in [1.29, 1.82) is 0 Å². The fraction of sp³-hybridized carbons (Fsp3) is 0.440. The average Bonchev–Trinajstić information content (AvgIpc) is 2.84. The molecule has 8 heteroatoms. The Bertz CT molecular complexity index is 931. The molecule has 1 fully saturated rings. The van der Waals surface area contributed by atoms with Crippen LogP contribution in [0.3, 0.4) is 0 Å². The van der Waals surface area contributed by atoms with Crippen LogP contribution in [0.1, 0.15) is 48.9 Å². The van der Waals surface area contributed by atoms with Gasteiger partial charge >= 0.3 is 0 Å². The smallest absolute Gasteiger partial charge is 0.252 e. The molecule has 33 heavy (non-hydrogen) atoms. The molecule has 0 aromatic heterocycles. The minimum atomic E-state index is -1.10. The molecule has 2 aromatic carbocycles. The number of methoxy groups -OCH3 is 1. The highest BCUT2D eigenvalue weighted by Crippen LogP contribution is 2.27. The SMILES string of the molecule is COc1ccc(NCCNC(=O)[C@H](CC2CCCCC2)NC(=O)c2ccc(F)c(F)c2)cc1. The molecule has 6 nitrogen and oxygen atoms in total. The topological polar surface area (TPSA) is 79.5 Å². The molecule has 1 atom stereocenters. The van der Waals surface area contributed by atoms with Crippen LogP contribution in [0.15, 0.2) is 42.5 Å². The van der Waals surface area contributed by atoms with Crippen molar-refractivity contribution in [1.82, 2.24) is 10.6 Å². The van der Waals surface area contributed by atoms with E-state index in [1.54, 1.807) is 7.11 Å². The van der Waals surface area contributed by atoms with Crippen molar-refractivity contribution in [3.05, 3.63) is 59.7 Å². The van der Waals surface area contributed by atoms with Gasteiger partial charge < -0.3 is 20.7 Å². The standard InChI is InChI=1S/C25H31F2N3O3/c1-33-20-10-8-19(9-11-20)28-13-14-29-25(32)23(15-17-5-3-2-4-6-17)30-24(31)18-7-12-21(26)22(27)16-18/h7-12,16-17,23,28H,2-6,13-15H2,1H3,(H,29,32)(H,30,31)/t23-/m0/s1. The van der Waals surface area contributed by atoms with Crippen molar-refractivity contribution in [3.63, 3.8) is 0 Å². The van der Waals surface area contributed by atoms with E-state index in [4.69, 9.17) is 4.74 Å². The number of rotatable bonds is 10. The fourth-order valence-corrected chi connectivity index (χ4v) is 4.09. The second-order valence-corrected chi connectivity index (χ2v) is 8.34. The van der Waals surface area contributed by atoms with Gasteiger partial charge in [-0.2, -0.15) is 0 Å². The lowest BCUT2D eigenvalue weighted by Gasteiger charge is -2.26. The first-order valence-electron chi connectivity index (χ1n) is 11.4. The largest absolute Gasteiger partial charge is 0.497 e. The quantitative estimate of drug-likeness (QED) is 0.464. The van der Waals surface area contributed by atoms with E-state index >= 15 is 0 Å². The van der Waals surface area contributed by atoms with Gasteiger partial charge in [0.1, 0.15) is 11.8 Å². The van der Waals surface area contributed by atoms with Gasteiger partial charge in [0.05, 0.1) is 7.11 Å². The van der Waals surface area contributed by atoms with Gasteiger partial charge in [-0.05, 0) is 54.8 Å². The van der Waals surface area contributed by atoms with Gasteiger partial charge in [0.15, 0.2) is 11.6 Å². The highest BCUT2D eigenvalue weighted by Gasteiger charge is 2.26. The summed E-state index contributed by atoms with van der Waals surface area (Å²) in [6, 6.07) is 9.68.